The molecule has 0 radical (unpaired) electrons. The van der Waals surface area contributed by atoms with Crippen LogP contribution >= 0.6 is 0 Å². The van der Waals surface area contributed by atoms with Crippen molar-refractivity contribution < 1.29 is 24.7 Å². The number of carbonyl (C=O) groups is 2. The third-order valence-electron chi connectivity index (χ3n) is 3.84. The summed E-state index contributed by atoms with van der Waals surface area (Å²) >= 11 is 0. The number of amides is 1. The van der Waals surface area contributed by atoms with Crippen LogP contribution < -0.4 is 5.73 Å². The van der Waals surface area contributed by atoms with Gasteiger partial charge >= 0.3 is 13.1 Å². The van der Waals surface area contributed by atoms with Crippen LogP contribution in [0.5, 0.6) is 0 Å². The van der Waals surface area contributed by atoms with E-state index in [1.807, 2.05) is 0 Å². The van der Waals surface area contributed by atoms with Crippen molar-refractivity contribution in [2.75, 3.05) is 13.1 Å². The summed E-state index contributed by atoms with van der Waals surface area (Å²) in [4.78, 5) is 24.9. The van der Waals surface area contributed by atoms with Crippen molar-refractivity contribution in [2.24, 2.45) is 17.6 Å². The maximum Gasteiger partial charge on any atom is 0.451 e. The van der Waals surface area contributed by atoms with Gasteiger partial charge < -0.3 is 25.8 Å². The summed E-state index contributed by atoms with van der Waals surface area (Å²) in [5, 5.41) is 27.0. The Morgan fingerprint density at radius 2 is 2.05 bits per heavy atom. The molecule has 8 heteroatoms. The van der Waals surface area contributed by atoms with Crippen LogP contribution in [0, 0.1) is 11.8 Å². The first-order chi connectivity index (χ1) is 9.18. The molecule has 1 saturated heterocycles. The van der Waals surface area contributed by atoms with Crippen LogP contribution in [-0.2, 0) is 9.59 Å². The molecule has 114 valence electrons. The Morgan fingerprint density at radius 3 is 2.50 bits per heavy atom. The topological polar surface area (TPSA) is 124 Å². The van der Waals surface area contributed by atoms with Gasteiger partial charge in [0.25, 0.3) is 0 Å². The van der Waals surface area contributed by atoms with E-state index < -0.39 is 18.6 Å². The van der Waals surface area contributed by atoms with Crippen molar-refractivity contribution in [2.45, 2.75) is 38.5 Å². The summed E-state index contributed by atoms with van der Waals surface area (Å²) in [5.41, 5.74) is 4.52. The highest BCUT2D eigenvalue weighted by atomic mass is 16.4. The monoisotopic (exact) mass is 286 g/mol. The predicted octanol–water partition coefficient (Wildman–Crippen LogP) is -0.864. The molecule has 0 saturated carbocycles. The van der Waals surface area contributed by atoms with Gasteiger partial charge in [-0.15, -0.1) is 0 Å². The van der Waals surface area contributed by atoms with Crippen LogP contribution in [0.1, 0.15) is 26.7 Å². The lowest BCUT2D eigenvalue weighted by Gasteiger charge is -2.25. The van der Waals surface area contributed by atoms with Crippen molar-refractivity contribution in [3.8, 4) is 0 Å². The molecule has 1 heterocycles. The molecular formula is C12H23BN2O5. The average molecular weight is 286 g/mol. The van der Waals surface area contributed by atoms with Gasteiger partial charge in [-0.2, -0.15) is 0 Å². The van der Waals surface area contributed by atoms with Crippen molar-refractivity contribution >= 4 is 19.0 Å². The first-order valence-corrected chi connectivity index (χ1v) is 6.85. The fourth-order valence-corrected chi connectivity index (χ4v) is 2.61. The zero-order valence-electron chi connectivity index (χ0n) is 12.0. The largest absolute Gasteiger partial charge is 0.480 e. The van der Waals surface area contributed by atoms with Gasteiger partial charge in [0.15, 0.2) is 0 Å². The summed E-state index contributed by atoms with van der Waals surface area (Å²) in [5.74, 6) is -1.80. The molecule has 1 aliphatic rings. The molecular weight excluding hydrogens is 263 g/mol. The molecule has 0 aromatic rings. The molecule has 0 aliphatic carbocycles. The zero-order valence-corrected chi connectivity index (χ0v) is 12.0. The van der Waals surface area contributed by atoms with E-state index in [-0.39, 0.29) is 30.6 Å². The number of rotatable bonds is 6. The van der Waals surface area contributed by atoms with Crippen LogP contribution in [0.4, 0.5) is 0 Å². The van der Waals surface area contributed by atoms with E-state index in [4.69, 9.17) is 15.8 Å². The number of aliphatic carboxylic acids is 1. The van der Waals surface area contributed by atoms with Crippen LogP contribution in [-0.4, -0.2) is 57.7 Å². The Hall–Kier alpha value is -1.12. The normalized spacial score (nSPS) is 26.1. The number of carbonyl (C=O) groups excluding carboxylic acids is 1. The van der Waals surface area contributed by atoms with Crippen molar-refractivity contribution in [3.63, 3.8) is 0 Å². The number of carboxylic acids is 1. The number of nitrogens with zero attached hydrogens (tertiary/aromatic N) is 1. The second kappa shape index (κ2) is 6.56. The predicted molar refractivity (Wildman–Crippen MR) is 73.7 cm³/mol. The van der Waals surface area contributed by atoms with Crippen LogP contribution in [0.15, 0.2) is 0 Å². The maximum absolute atomic E-state index is 12.0. The Balaban J connectivity index is 2.74. The minimum absolute atomic E-state index is 0.00565. The van der Waals surface area contributed by atoms with E-state index in [9.17, 15) is 14.7 Å². The van der Waals surface area contributed by atoms with E-state index in [1.165, 1.54) is 4.90 Å². The highest BCUT2D eigenvalue weighted by molar-refractivity contribution is 6.40. The van der Waals surface area contributed by atoms with Gasteiger partial charge in [0.1, 0.15) is 5.54 Å². The van der Waals surface area contributed by atoms with E-state index in [0.29, 0.717) is 19.4 Å². The minimum atomic E-state index is -1.45. The lowest BCUT2D eigenvalue weighted by Crippen LogP contribution is -2.55. The molecule has 0 aromatic heterocycles. The van der Waals surface area contributed by atoms with Crippen LogP contribution in [0.25, 0.3) is 0 Å². The number of hydrogen-bond acceptors (Lipinski definition) is 5. The second-order valence-electron chi connectivity index (χ2n) is 5.83. The Bertz CT molecular complexity index is 377. The number of likely N-dealkylation sites (tertiary alicyclic amines) is 1. The molecule has 0 unspecified atom stereocenters. The van der Waals surface area contributed by atoms with Crippen molar-refractivity contribution in [1.29, 1.82) is 0 Å². The molecule has 20 heavy (non-hydrogen) atoms. The molecule has 0 spiro atoms. The summed E-state index contributed by atoms with van der Waals surface area (Å²) < 4.78 is 0. The molecule has 1 amide bonds. The number of carboxylic acid groups (broad SMARTS) is 1. The second-order valence-corrected chi connectivity index (χ2v) is 5.83. The van der Waals surface area contributed by atoms with E-state index in [2.05, 4.69) is 0 Å². The highest BCUT2D eigenvalue weighted by Crippen LogP contribution is 2.31. The van der Waals surface area contributed by atoms with Gasteiger partial charge in [0, 0.05) is 24.9 Å². The van der Waals surface area contributed by atoms with Crippen molar-refractivity contribution in [3.05, 3.63) is 0 Å². The summed E-state index contributed by atoms with van der Waals surface area (Å²) in [6.45, 7) is 3.83. The van der Waals surface area contributed by atoms with Crippen molar-refractivity contribution in [1.82, 2.24) is 4.90 Å². The maximum atomic E-state index is 12.0. The third kappa shape index (κ3) is 3.71. The smallest absolute Gasteiger partial charge is 0.451 e. The average Bonchev–Trinajstić information content (AvgIpc) is 2.67. The van der Waals surface area contributed by atoms with Gasteiger partial charge in [0.2, 0.25) is 5.91 Å². The van der Waals surface area contributed by atoms with Gasteiger partial charge in [-0.1, -0.05) is 20.3 Å². The highest BCUT2D eigenvalue weighted by Gasteiger charge is 2.50. The number of nitrogens with two attached hydrogens (primary N) is 1. The lowest BCUT2D eigenvalue weighted by atomic mass is 9.78. The number of hydrogen-bond donors (Lipinski definition) is 4. The van der Waals surface area contributed by atoms with Gasteiger partial charge in [-0.05, 0) is 12.7 Å². The third-order valence-corrected chi connectivity index (χ3v) is 3.84. The first-order valence-electron chi connectivity index (χ1n) is 6.85. The molecule has 1 fully saturated rings. The SMILES string of the molecule is CC(C)C(=O)N1C[C@H](CCCB(O)O)[C@](N)(C(=O)O)C1. The Kier molecular flexibility index (Phi) is 5.55. The zero-order chi connectivity index (χ0) is 15.5. The van der Waals surface area contributed by atoms with Crippen LogP contribution in [0.2, 0.25) is 6.32 Å². The van der Waals surface area contributed by atoms with E-state index in [1.54, 1.807) is 13.8 Å². The Morgan fingerprint density at radius 1 is 1.45 bits per heavy atom. The van der Waals surface area contributed by atoms with Crippen LogP contribution in [0.3, 0.4) is 0 Å². The molecule has 0 aromatic carbocycles. The lowest BCUT2D eigenvalue weighted by molar-refractivity contribution is -0.144. The molecule has 5 N–H and O–H groups in total. The minimum Gasteiger partial charge on any atom is -0.480 e. The van der Waals surface area contributed by atoms with Gasteiger partial charge in [-0.25, -0.2) is 0 Å². The Labute approximate surface area is 118 Å². The summed E-state index contributed by atoms with van der Waals surface area (Å²) in [7, 11) is -1.40. The quantitative estimate of drug-likeness (QED) is 0.471. The standard InChI is InChI=1S/C12H23BN2O5/c1-8(2)10(16)15-6-9(4-3-5-13(19)20)12(14,7-15)11(17)18/h8-9,19-20H,3-7,14H2,1-2H3,(H,17,18)/t9-,12-/m0/s1. The summed E-state index contributed by atoms with van der Waals surface area (Å²) in [6.07, 6.45) is 1.07. The molecule has 1 aliphatic heterocycles. The van der Waals surface area contributed by atoms with Gasteiger partial charge in [0.05, 0.1) is 0 Å². The molecule has 0 bridgehead atoms. The van der Waals surface area contributed by atoms with Gasteiger partial charge in [-0.3, -0.25) is 9.59 Å². The molecule has 2 atom stereocenters. The molecule has 1 rings (SSSR count). The first kappa shape index (κ1) is 16.9. The molecule has 7 nitrogen and oxygen atoms in total. The fraction of sp³-hybridized carbons (Fsp3) is 0.833. The van der Waals surface area contributed by atoms with E-state index in [0.717, 1.165) is 0 Å². The van der Waals surface area contributed by atoms with E-state index >= 15 is 0 Å². The summed E-state index contributed by atoms with van der Waals surface area (Å²) in [6, 6.07) is 0. The fourth-order valence-electron chi connectivity index (χ4n) is 2.61.